The quantitative estimate of drug-likeness (QED) is 0.276. The molecule has 0 spiro atoms. The third-order valence-corrected chi connectivity index (χ3v) is 7.80. The Balaban J connectivity index is 1.48. The zero-order valence-electron chi connectivity index (χ0n) is 26.3. The SMILES string of the molecule is CO[C@@H]1O[C@@H]2COC(c3ccccc3)O[C@@H]2[C@H](OCc2ccccc2)[C@H]1O[C@H]1O[C@@H](C)[C@@H](OC(C)=O)[C@@H](OC(C)=O)[C@@H]1OC(C)=O. The first-order valence-corrected chi connectivity index (χ1v) is 15.1. The summed E-state index contributed by atoms with van der Waals surface area (Å²) in [6.07, 6.45) is -10.6. The average Bonchev–Trinajstić information content (AvgIpc) is 3.03. The number of benzene rings is 2. The molecule has 1 unspecified atom stereocenters. The highest BCUT2D eigenvalue weighted by Crippen LogP contribution is 2.39. The molecule has 3 saturated heterocycles. The molecule has 0 aliphatic carbocycles. The highest BCUT2D eigenvalue weighted by Gasteiger charge is 2.56. The topological polar surface area (TPSA) is 144 Å². The molecule has 3 heterocycles. The van der Waals surface area contributed by atoms with E-state index in [9.17, 15) is 14.4 Å². The van der Waals surface area contributed by atoms with E-state index in [0.29, 0.717) is 0 Å². The number of hydrogen-bond acceptors (Lipinski definition) is 13. The summed E-state index contributed by atoms with van der Waals surface area (Å²) in [5.74, 6) is -2.02. The number of methoxy groups -OCH3 is 1. The van der Waals surface area contributed by atoms with E-state index < -0.39 is 85.6 Å². The van der Waals surface area contributed by atoms with Crippen molar-refractivity contribution in [3.63, 3.8) is 0 Å². The summed E-state index contributed by atoms with van der Waals surface area (Å²) in [7, 11) is 1.46. The second kappa shape index (κ2) is 15.4. The van der Waals surface area contributed by atoms with Crippen LogP contribution in [0, 0.1) is 0 Å². The normalized spacial score (nSPS) is 34.2. The van der Waals surface area contributed by atoms with Gasteiger partial charge in [-0.2, -0.15) is 0 Å². The van der Waals surface area contributed by atoms with Gasteiger partial charge in [-0.25, -0.2) is 0 Å². The predicted octanol–water partition coefficient (Wildman–Crippen LogP) is 2.98. The van der Waals surface area contributed by atoms with Crippen LogP contribution in [0.3, 0.4) is 0 Å². The van der Waals surface area contributed by atoms with Crippen LogP contribution in [-0.4, -0.2) is 93.0 Å². The second-order valence-corrected chi connectivity index (χ2v) is 11.2. The number of carbonyl (C=O) groups is 3. The van der Waals surface area contributed by atoms with Gasteiger partial charge in [-0.05, 0) is 12.5 Å². The minimum absolute atomic E-state index is 0.188. The lowest BCUT2D eigenvalue weighted by Crippen LogP contribution is -2.67. The van der Waals surface area contributed by atoms with Crippen LogP contribution in [0.1, 0.15) is 45.1 Å². The summed E-state index contributed by atoms with van der Waals surface area (Å²) in [4.78, 5) is 36.4. The smallest absolute Gasteiger partial charge is 0.303 e. The molecule has 2 aromatic rings. The van der Waals surface area contributed by atoms with Crippen LogP contribution in [0.5, 0.6) is 0 Å². The molecule has 2 aromatic carbocycles. The second-order valence-electron chi connectivity index (χ2n) is 11.2. The van der Waals surface area contributed by atoms with Crippen LogP contribution in [0.4, 0.5) is 0 Å². The third-order valence-electron chi connectivity index (χ3n) is 7.80. The zero-order chi connectivity index (χ0) is 32.8. The van der Waals surface area contributed by atoms with Gasteiger partial charge < -0.3 is 47.4 Å². The van der Waals surface area contributed by atoms with Crippen molar-refractivity contribution in [1.29, 1.82) is 0 Å². The standard InChI is InChI=1S/C33H40O13/c1-18-25(41-19(2)34)28(42-20(3)35)30(43-21(4)36)33(40-18)46-29-27(38-16-22-12-8-6-9-13-22)26-24(44-32(29)37-5)17-39-31(45-26)23-14-10-7-11-15-23/h6-15,18,24-33H,16-17H2,1-5H3/t18-,24+,25+,26-,27-,28+,29+,30-,31?,32+,33+/m0/s1. The molecule has 0 amide bonds. The maximum Gasteiger partial charge on any atom is 0.303 e. The van der Waals surface area contributed by atoms with Gasteiger partial charge in [0.1, 0.15) is 24.4 Å². The largest absolute Gasteiger partial charge is 0.456 e. The van der Waals surface area contributed by atoms with Gasteiger partial charge >= 0.3 is 17.9 Å². The molecule has 0 radical (unpaired) electrons. The fourth-order valence-electron chi connectivity index (χ4n) is 5.85. The fraction of sp³-hybridized carbons (Fsp3) is 0.545. The molecule has 3 aliphatic heterocycles. The monoisotopic (exact) mass is 644 g/mol. The molecule has 13 nitrogen and oxygen atoms in total. The van der Waals surface area contributed by atoms with E-state index in [1.807, 2.05) is 60.7 Å². The summed E-state index contributed by atoms with van der Waals surface area (Å²) in [6.45, 7) is 5.62. The van der Waals surface area contributed by atoms with Gasteiger partial charge in [0.05, 0.1) is 19.3 Å². The number of esters is 3. The van der Waals surface area contributed by atoms with Crippen molar-refractivity contribution < 1.29 is 61.8 Å². The van der Waals surface area contributed by atoms with E-state index in [-0.39, 0.29) is 13.2 Å². The predicted molar refractivity (Wildman–Crippen MR) is 157 cm³/mol. The molecular weight excluding hydrogens is 604 g/mol. The van der Waals surface area contributed by atoms with E-state index in [2.05, 4.69) is 0 Å². The maximum absolute atomic E-state index is 12.3. The van der Waals surface area contributed by atoms with Crippen molar-refractivity contribution >= 4 is 17.9 Å². The summed E-state index contributed by atoms with van der Waals surface area (Å²) in [6, 6.07) is 19.1. The van der Waals surface area contributed by atoms with Gasteiger partial charge in [0.15, 0.2) is 37.2 Å². The van der Waals surface area contributed by atoms with Gasteiger partial charge in [-0.3, -0.25) is 14.4 Å². The van der Waals surface area contributed by atoms with Crippen LogP contribution in [0.25, 0.3) is 0 Å². The molecule has 0 bridgehead atoms. The number of carbonyl (C=O) groups excluding carboxylic acids is 3. The Morgan fingerprint density at radius 2 is 1.33 bits per heavy atom. The average molecular weight is 645 g/mol. The lowest BCUT2D eigenvalue weighted by atomic mass is 9.96. The zero-order valence-corrected chi connectivity index (χ0v) is 26.3. The number of rotatable bonds is 10. The molecule has 0 saturated carbocycles. The minimum atomic E-state index is -1.33. The van der Waals surface area contributed by atoms with E-state index >= 15 is 0 Å². The van der Waals surface area contributed by atoms with Crippen LogP contribution >= 0.6 is 0 Å². The Labute approximate surface area is 267 Å². The van der Waals surface area contributed by atoms with E-state index in [4.69, 9.17) is 47.4 Å². The Morgan fingerprint density at radius 3 is 1.96 bits per heavy atom. The molecule has 0 N–H and O–H groups in total. The Bertz CT molecular complexity index is 1310. The lowest BCUT2D eigenvalue weighted by molar-refractivity contribution is -0.394. The van der Waals surface area contributed by atoms with Crippen molar-refractivity contribution in [2.24, 2.45) is 0 Å². The molecule has 46 heavy (non-hydrogen) atoms. The van der Waals surface area contributed by atoms with Crippen molar-refractivity contribution in [3.05, 3.63) is 71.8 Å². The molecular formula is C33H40O13. The Morgan fingerprint density at radius 1 is 0.717 bits per heavy atom. The summed E-state index contributed by atoms with van der Waals surface area (Å²) in [5.41, 5.74) is 1.72. The molecule has 250 valence electrons. The van der Waals surface area contributed by atoms with Crippen molar-refractivity contribution in [2.45, 2.75) is 102 Å². The maximum atomic E-state index is 12.3. The lowest BCUT2D eigenvalue weighted by Gasteiger charge is -2.50. The van der Waals surface area contributed by atoms with Gasteiger partial charge in [-0.1, -0.05) is 60.7 Å². The van der Waals surface area contributed by atoms with E-state index in [1.165, 1.54) is 27.9 Å². The molecule has 3 fully saturated rings. The van der Waals surface area contributed by atoms with Crippen LogP contribution in [-0.2, 0) is 68.4 Å². The molecule has 11 atom stereocenters. The number of hydrogen-bond donors (Lipinski definition) is 0. The Hall–Kier alpha value is -3.43. The summed E-state index contributed by atoms with van der Waals surface area (Å²) < 4.78 is 60.4. The van der Waals surface area contributed by atoms with Crippen LogP contribution in [0.15, 0.2) is 60.7 Å². The van der Waals surface area contributed by atoms with Gasteiger partial charge in [0.25, 0.3) is 0 Å². The first-order valence-electron chi connectivity index (χ1n) is 15.1. The highest BCUT2D eigenvalue weighted by molar-refractivity contribution is 5.68. The van der Waals surface area contributed by atoms with Crippen molar-refractivity contribution in [1.82, 2.24) is 0 Å². The van der Waals surface area contributed by atoms with Gasteiger partial charge in [-0.15, -0.1) is 0 Å². The summed E-state index contributed by atoms with van der Waals surface area (Å²) >= 11 is 0. The minimum Gasteiger partial charge on any atom is -0.456 e. The Kier molecular flexibility index (Phi) is 11.4. The van der Waals surface area contributed by atoms with E-state index in [1.54, 1.807) is 6.92 Å². The molecule has 0 aromatic heterocycles. The van der Waals surface area contributed by atoms with E-state index in [0.717, 1.165) is 11.1 Å². The fourth-order valence-corrected chi connectivity index (χ4v) is 5.85. The van der Waals surface area contributed by atoms with Crippen molar-refractivity contribution in [2.75, 3.05) is 13.7 Å². The van der Waals surface area contributed by atoms with Crippen LogP contribution < -0.4 is 0 Å². The first-order chi connectivity index (χ1) is 22.1. The molecule has 5 rings (SSSR count). The van der Waals surface area contributed by atoms with Gasteiger partial charge in [0, 0.05) is 33.4 Å². The van der Waals surface area contributed by atoms with Crippen LogP contribution in [0.2, 0.25) is 0 Å². The number of ether oxygens (including phenoxy) is 10. The first kappa shape index (κ1) is 33.9. The summed E-state index contributed by atoms with van der Waals surface area (Å²) in [5, 5.41) is 0. The number of fused-ring (bicyclic) bond motifs is 1. The van der Waals surface area contributed by atoms with Crippen molar-refractivity contribution in [3.8, 4) is 0 Å². The molecule has 13 heteroatoms. The third kappa shape index (κ3) is 8.10. The molecule has 3 aliphatic rings. The highest BCUT2D eigenvalue weighted by atomic mass is 16.8. The van der Waals surface area contributed by atoms with Gasteiger partial charge in [0.2, 0.25) is 0 Å².